The summed E-state index contributed by atoms with van der Waals surface area (Å²) in [6.45, 7) is 0.354. The molecule has 0 bridgehead atoms. The molecule has 76 valence electrons. The van der Waals surface area contributed by atoms with Gasteiger partial charge in [0.15, 0.2) is 0 Å². The molecular formula is C12H15BrO. The molecule has 2 unspecified atom stereocenters. The third-order valence-corrected chi connectivity index (χ3v) is 3.67. The molecule has 1 nitrogen and oxygen atoms in total. The molecule has 1 aromatic rings. The van der Waals surface area contributed by atoms with Gasteiger partial charge in [0.25, 0.3) is 0 Å². The highest BCUT2D eigenvalue weighted by Crippen LogP contribution is 2.38. The third kappa shape index (κ3) is 2.18. The lowest BCUT2D eigenvalue weighted by Crippen LogP contribution is -2.00. The fraction of sp³-hybridized carbons (Fsp3) is 0.500. The summed E-state index contributed by atoms with van der Waals surface area (Å²) in [4.78, 5) is 0. The quantitative estimate of drug-likeness (QED) is 0.859. The van der Waals surface area contributed by atoms with Gasteiger partial charge in [0.05, 0.1) is 0 Å². The Kier molecular flexibility index (Phi) is 3.24. The average molecular weight is 255 g/mol. The van der Waals surface area contributed by atoms with Crippen molar-refractivity contribution in [2.75, 3.05) is 6.61 Å². The van der Waals surface area contributed by atoms with Crippen LogP contribution in [0, 0.1) is 5.92 Å². The SMILES string of the molecule is OCC1CCC(c2ccc(Br)cc2)C1. The van der Waals surface area contributed by atoms with E-state index in [2.05, 4.69) is 40.2 Å². The van der Waals surface area contributed by atoms with Gasteiger partial charge in [-0.1, -0.05) is 28.1 Å². The van der Waals surface area contributed by atoms with Crippen LogP contribution in [-0.4, -0.2) is 11.7 Å². The van der Waals surface area contributed by atoms with Crippen LogP contribution in [0.15, 0.2) is 28.7 Å². The molecule has 1 saturated carbocycles. The zero-order chi connectivity index (χ0) is 9.97. The van der Waals surface area contributed by atoms with Crippen molar-refractivity contribution in [1.82, 2.24) is 0 Å². The van der Waals surface area contributed by atoms with E-state index in [1.807, 2.05) is 0 Å². The van der Waals surface area contributed by atoms with Gasteiger partial charge in [-0.25, -0.2) is 0 Å². The molecular weight excluding hydrogens is 240 g/mol. The van der Waals surface area contributed by atoms with E-state index < -0.39 is 0 Å². The Morgan fingerprint density at radius 1 is 1.21 bits per heavy atom. The van der Waals surface area contributed by atoms with Gasteiger partial charge in [0.2, 0.25) is 0 Å². The molecule has 0 radical (unpaired) electrons. The summed E-state index contributed by atoms with van der Waals surface area (Å²) < 4.78 is 1.14. The van der Waals surface area contributed by atoms with Crippen molar-refractivity contribution in [1.29, 1.82) is 0 Å². The molecule has 0 saturated heterocycles. The Morgan fingerprint density at radius 2 is 1.93 bits per heavy atom. The fourth-order valence-electron chi connectivity index (χ4n) is 2.28. The number of halogens is 1. The second kappa shape index (κ2) is 4.45. The van der Waals surface area contributed by atoms with E-state index in [-0.39, 0.29) is 0 Å². The zero-order valence-electron chi connectivity index (χ0n) is 8.12. The molecule has 0 heterocycles. The van der Waals surface area contributed by atoms with Crippen LogP contribution < -0.4 is 0 Å². The lowest BCUT2D eigenvalue weighted by molar-refractivity contribution is 0.229. The Morgan fingerprint density at radius 3 is 2.50 bits per heavy atom. The predicted molar refractivity (Wildman–Crippen MR) is 61.3 cm³/mol. The second-order valence-corrected chi connectivity index (χ2v) is 5.03. The number of hydrogen-bond donors (Lipinski definition) is 1. The summed E-state index contributed by atoms with van der Waals surface area (Å²) in [7, 11) is 0. The van der Waals surface area contributed by atoms with E-state index in [0.717, 1.165) is 10.9 Å². The first-order valence-electron chi connectivity index (χ1n) is 5.16. The summed E-state index contributed by atoms with van der Waals surface area (Å²) in [5.41, 5.74) is 1.42. The highest BCUT2D eigenvalue weighted by atomic mass is 79.9. The van der Waals surface area contributed by atoms with Crippen LogP contribution in [0.2, 0.25) is 0 Å². The van der Waals surface area contributed by atoms with Crippen molar-refractivity contribution in [2.45, 2.75) is 25.2 Å². The van der Waals surface area contributed by atoms with Crippen LogP contribution in [-0.2, 0) is 0 Å². The minimum absolute atomic E-state index is 0.354. The first kappa shape index (κ1) is 10.2. The minimum atomic E-state index is 0.354. The smallest absolute Gasteiger partial charge is 0.0459 e. The molecule has 2 rings (SSSR count). The maximum Gasteiger partial charge on any atom is 0.0459 e. The first-order chi connectivity index (χ1) is 6.79. The molecule has 0 spiro atoms. The van der Waals surface area contributed by atoms with E-state index >= 15 is 0 Å². The maximum absolute atomic E-state index is 9.07. The summed E-state index contributed by atoms with van der Waals surface area (Å²) in [5, 5.41) is 9.07. The van der Waals surface area contributed by atoms with Crippen LogP contribution in [0.5, 0.6) is 0 Å². The topological polar surface area (TPSA) is 20.2 Å². The van der Waals surface area contributed by atoms with Crippen LogP contribution in [0.1, 0.15) is 30.7 Å². The van der Waals surface area contributed by atoms with Crippen molar-refractivity contribution >= 4 is 15.9 Å². The second-order valence-electron chi connectivity index (χ2n) is 4.11. The number of aliphatic hydroxyl groups is 1. The zero-order valence-corrected chi connectivity index (χ0v) is 9.70. The lowest BCUT2D eigenvalue weighted by Gasteiger charge is -2.10. The van der Waals surface area contributed by atoms with E-state index in [4.69, 9.17) is 5.11 Å². The fourth-order valence-corrected chi connectivity index (χ4v) is 2.54. The van der Waals surface area contributed by atoms with E-state index in [1.165, 1.54) is 18.4 Å². The summed E-state index contributed by atoms with van der Waals surface area (Å²) in [5.74, 6) is 1.20. The lowest BCUT2D eigenvalue weighted by atomic mass is 9.97. The Labute approximate surface area is 93.3 Å². The number of aliphatic hydroxyl groups excluding tert-OH is 1. The molecule has 1 N–H and O–H groups in total. The summed E-state index contributed by atoms with van der Waals surface area (Å²) in [6.07, 6.45) is 3.56. The van der Waals surface area contributed by atoms with Crippen molar-refractivity contribution in [3.63, 3.8) is 0 Å². The highest BCUT2D eigenvalue weighted by molar-refractivity contribution is 9.10. The minimum Gasteiger partial charge on any atom is -0.396 e. The van der Waals surface area contributed by atoms with Gasteiger partial charge in [0.1, 0.15) is 0 Å². The molecule has 0 amide bonds. The molecule has 2 heteroatoms. The molecule has 2 atom stereocenters. The van der Waals surface area contributed by atoms with Crippen LogP contribution >= 0.6 is 15.9 Å². The molecule has 14 heavy (non-hydrogen) atoms. The molecule has 0 aromatic heterocycles. The Bertz CT molecular complexity index is 294. The predicted octanol–water partition coefficient (Wildman–Crippen LogP) is 3.33. The summed E-state index contributed by atoms with van der Waals surface area (Å²) >= 11 is 3.44. The molecule has 1 aliphatic rings. The molecule has 1 aromatic carbocycles. The van der Waals surface area contributed by atoms with Crippen LogP contribution in [0.25, 0.3) is 0 Å². The van der Waals surface area contributed by atoms with Crippen molar-refractivity contribution in [2.24, 2.45) is 5.92 Å². The van der Waals surface area contributed by atoms with Crippen molar-refractivity contribution in [3.05, 3.63) is 34.3 Å². The number of hydrogen-bond acceptors (Lipinski definition) is 1. The van der Waals surface area contributed by atoms with Gasteiger partial charge < -0.3 is 5.11 Å². The standard InChI is InChI=1S/C12H15BrO/c13-12-5-3-10(4-6-12)11-2-1-9(7-11)8-14/h3-6,9,11,14H,1-2,7-8H2. The largest absolute Gasteiger partial charge is 0.396 e. The van der Waals surface area contributed by atoms with Crippen LogP contribution in [0.3, 0.4) is 0 Å². The third-order valence-electron chi connectivity index (χ3n) is 3.14. The van der Waals surface area contributed by atoms with Gasteiger partial charge in [-0.15, -0.1) is 0 Å². The normalized spacial score (nSPS) is 26.7. The maximum atomic E-state index is 9.07. The van der Waals surface area contributed by atoms with Gasteiger partial charge in [-0.2, -0.15) is 0 Å². The first-order valence-corrected chi connectivity index (χ1v) is 5.95. The Balaban J connectivity index is 2.06. The van der Waals surface area contributed by atoms with Crippen molar-refractivity contribution < 1.29 is 5.11 Å². The van der Waals surface area contributed by atoms with Gasteiger partial charge in [-0.3, -0.25) is 0 Å². The van der Waals surface area contributed by atoms with E-state index in [9.17, 15) is 0 Å². The van der Waals surface area contributed by atoms with E-state index in [1.54, 1.807) is 0 Å². The molecule has 1 aliphatic carbocycles. The van der Waals surface area contributed by atoms with Gasteiger partial charge in [0, 0.05) is 11.1 Å². The average Bonchev–Trinajstić information content (AvgIpc) is 2.67. The monoisotopic (exact) mass is 254 g/mol. The van der Waals surface area contributed by atoms with Gasteiger partial charge in [-0.05, 0) is 48.8 Å². The Hall–Kier alpha value is -0.340. The van der Waals surface area contributed by atoms with E-state index in [0.29, 0.717) is 18.4 Å². The highest BCUT2D eigenvalue weighted by Gasteiger charge is 2.24. The number of benzene rings is 1. The van der Waals surface area contributed by atoms with Gasteiger partial charge >= 0.3 is 0 Å². The molecule has 0 aliphatic heterocycles. The summed E-state index contributed by atoms with van der Waals surface area (Å²) in [6, 6.07) is 8.58. The van der Waals surface area contributed by atoms with Crippen LogP contribution in [0.4, 0.5) is 0 Å². The van der Waals surface area contributed by atoms with Crippen molar-refractivity contribution in [3.8, 4) is 0 Å². The molecule has 1 fully saturated rings. The number of rotatable bonds is 2.